The van der Waals surface area contributed by atoms with Gasteiger partial charge in [0.2, 0.25) is 11.8 Å². The van der Waals surface area contributed by atoms with Gasteiger partial charge in [0.15, 0.2) is 0 Å². The van der Waals surface area contributed by atoms with Gasteiger partial charge in [0.25, 0.3) is 0 Å². The van der Waals surface area contributed by atoms with Crippen molar-refractivity contribution in [2.75, 3.05) is 0 Å². The molecule has 0 saturated heterocycles. The highest BCUT2D eigenvalue weighted by molar-refractivity contribution is 5.95. The number of carboxylic acids is 1. The molecular weight excluding hydrogens is 260 g/mol. The summed E-state index contributed by atoms with van der Waals surface area (Å²) in [6, 6.07) is 6.14. The second-order valence-corrected chi connectivity index (χ2v) is 4.32. The van der Waals surface area contributed by atoms with Crippen LogP contribution in [0.3, 0.4) is 0 Å². The Morgan fingerprint density at radius 1 is 1.40 bits per heavy atom. The maximum Gasteiger partial charge on any atom is 0.326 e. The third-order valence-corrected chi connectivity index (χ3v) is 2.49. The van der Waals surface area contributed by atoms with Crippen molar-refractivity contribution in [1.29, 1.82) is 0 Å². The molecule has 1 atom stereocenters. The van der Waals surface area contributed by atoms with E-state index in [1.165, 1.54) is 6.08 Å². The smallest absolute Gasteiger partial charge is 0.326 e. The molecule has 6 nitrogen and oxygen atoms in total. The normalized spacial score (nSPS) is 12.1. The van der Waals surface area contributed by atoms with Gasteiger partial charge in [-0.05, 0) is 18.6 Å². The molecule has 2 amide bonds. The molecule has 1 rings (SSSR count). The number of rotatable bonds is 6. The van der Waals surface area contributed by atoms with Gasteiger partial charge in [0.05, 0.1) is 6.42 Å². The van der Waals surface area contributed by atoms with Gasteiger partial charge < -0.3 is 16.2 Å². The molecule has 0 saturated carbocycles. The Morgan fingerprint density at radius 2 is 2.10 bits per heavy atom. The summed E-state index contributed by atoms with van der Waals surface area (Å²) < 4.78 is 0. The predicted molar refractivity (Wildman–Crippen MR) is 73.6 cm³/mol. The molecule has 1 aromatic carbocycles. The van der Waals surface area contributed by atoms with Crippen LogP contribution in [-0.4, -0.2) is 28.9 Å². The maximum atomic E-state index is 11.6. The molecule has 0 aromatic heterocycles. The second kappa shape index (κ2) is 7.08. The third-order valence-electron chi connectivity index (χ3n) is 2.49. The van der Waals surface area contributed by atoms with Gasteiger partial charge in [0.1, 0.15) is 6.04 Å². The average Bonchev–Trinajstić information content (AvgIpc) is 2.35. The van der Waals surface area contributed by atoms with Crippen molar-refractivity contribution in [1.82, 2.24) is 5.32 Å². The molecule has 1 aromatic rings. The van der Waals surface area contributed by atoms with Crippen molar-refractivity contribution >= 4 is 23.9 Å². The first kappa shape index (κ1) is 15.4. The molecule has 0 fully saturated rings. The minimum atomic E-state index is -1.32. The molecule has 20 heavy (non-hydrogen) atoms. The Bertz CT molecular complexity index is 552. The monoisotopic (exact) mass is 276 g/mol. The quantitative estimate of drug-likeness (QED) is 0.655. The number of nitrogens with one attached hydrogen (secondary N) is 1. The van der Waals surface area contributed by atoms with E-state index < -0.39 is 30.2 Å². The number of amides is 2. The van der Waals surface area contributed by atoms with Crippen molar-refractivity contribution in [2.24, 2.45) is 5.73 Å². The lowest BCUT2D eigenvalue weighted by molar-refractivity contribution is -0.142. The molecule has 0 bridgehead atoms. The Labute approximate surface area is 116 Å². The van der Waals surface area contributed by atoms with E-state index in [9.17, 15) is 14.4 Å². The number of carboxylic acid groups (broad SMARTS) is 1. The summed E-state index contributed by atoms with van der Waals surface area (Å²) in [5.41, 5.74) is 6.78. The van der Waals surface area contributed by atoms with Crippen LogP contribution < -0.4 is 11.1 Å². The van der Waals surface area contributed by atoms with E-state index in [4.69, 9.17) is 10.8 Å². The fourth-order valence-corrected chi connectivity index (χ4v) is 1.57. The van der Waals surface area contributed by atoms with Crippen LogP contribution in [0, 0.1) is 6.92 Å². The molecule has 1 unspecified atom stereocenters. The van der Waals surface area contributed by atoms with Gasteiger partial charge in [-0.2, -0.15) is 0 Å². The number of hydrogen-bond donors (Lipinski definition) is 3. The summed E-state index contributed by atoms with van der Waals surface area (Å²) in [6.07, 6.45) is 2.33. The van der Waals surface area contributed by atoms with Crippen LogP contribution in [0.5, 0.6) is 0 Å². The van der Waals surface area contributed by atoms with Crippen molar-refractivity contribution in [2.45, 2.75) is 19.4 Å². The molecule has 0 aliphatic rings. The summed E-state index contributed by atoms with van der Waals surface area (Å²) >= 11 is 0. The molecule has 4 N–H and O–H groups in total. The molecule has 0 radical (unpaired) electrons. The van der Waals surface area contributed by atoms with E-state index in [1.54, 1.807) is 6.08 Å². The van der Waals surface area contributed by atoms with Crippen molar-refractivity contribution < 1.29 is 19.5 Å². The lowest BCUT2D eigenvalue weighted by Crippen LogP contribution is -2.42. The maximum absolute atomic E-state index is 11.6. The number of carbonyl (C=O) groups excluding carboxylic acids is 2. The molecular formula is C14H16N2O4. The van der Waals surface area contributed by atoms with E-state index in [2.05, 4.69) is 5.32 Å². The highest BCUT2D eigenvalue weighted by Gasteiger charge is 2.20. The largest absolute Gasteiger partial charge is 0.480 e. The third kappa shape index (κ3) is 5.34. The standard InChI is InChI=1S/C14H16N2O4/c1-9-3-2-4-10(7-9)5-6-13(18)16-11(14(19)20)8-12(15)17/h2-7,11H,8H2,1H3,(H2,15,17)(H,16,18)(H,19,20)/b6-5+. The first-order chi connectivity index (χ1) is 9.38. The number of nitrogens with two attached hydrogens (primary N) is 1. The van der Waals surface area contributed by atoms with Crippen LogP contribution in [0.2, 0.25) is 0 Å². The van der Waals surface area contributed by atoms with Gasteiger partial charge in [-0.1, -0.05) is 29.8 Å². The minimum Gasteiger partial charge on any atom is -0.480 e. The van der Waals surface area contributed by atoms with E-state index in [-0.39, 0.29) is 0 Å². The second-order valence-electron chi connectivity index (χ2n) is 4.32. The Balaban J connectivity index is 2.66. The fraction of sp³-hybridized carbons (Fsp3) is 0.214. The van der Waals surface area contributed by atoms with Crippen molar-refractivity contribution in [3.05, 3.63) is 41.5 Å². The first-order valence-electron chi connectivity index (χ1n) is 5.95. The van der Waals surface area contributed by atoms with Gasteiger partial charge >= 0.3 is 5.97 Å². The van der Waals surface area contributed by atoms with Crippen molar-refractivity contribution in [3.8, 4) is 0 Å². The fourth-order valence-electron chi connectivity index (χ4n) is 1.57. The van der Waals surface area contributed by atoms with Crippen LogP contribution in [0.4, 0.5) is 0 Å². The van der Waals surface area contributed by atoms with E-state index >= 15 is 0 Å². The highest BCUT2D eigenvalue weighted by atomic mass is 16.4. The van der Waals surface area contributed by atoms with Crippen LogP contribution in [0.25, 0.3) is 6.08 Å². The summed E-state index contributed by atoms with van der Waals surface area (Å²) in [6.45, 7) is 1.92. The molecule has 0 spiro atoms. The summed E-state index contributed by atoms with van der Waals surface area (Å²) in [4.78, 5) is 33.1. The van der Waals surface area contributed by atoms with Crippen LogP contribution in [-0.2, 0) is 14.4 Å². The molecule has 6 heteroatoms. The zero-order chi connectivity index (χ0) is 15.1. The zero-order valence-electron chi connectivity index (χ0n) is 11.0. The van der Waals surface area contributed by atoms with Gasteiger partial charge in [-0.3, -0.25) is 9.59 Å². The SMILES string of the molecule is Cc1cccc(/C=C/C(=O)NC(CC(N)=O)C(=O)O)c1. The Kier molecular flexibility index (Phi) is 5.46. The molecule has 0 heterocycles. The number of aliphatic carboxylic acids is 1. The highest BCUT2D eigenvalue weighted by Crippen LogP contribution is 2.05. The number of hydrogen-bond acceptors (Lipinski definition) is 3. The summed E-state index contributed by atoms with van der Waals surface area (Å²) in [7, 11) is 0. The number of primary amides is 1. The van der Waals surface area contributed by atoms with Crippen LogP contribution in [0.15, 0.2) is 30.3 Å². The Hall–Kier alpha value is -2.63. The van der Waals surface area contributed by atoms with E-state index in [1.807, 2.05) is 31.2 Å². The first-order valence-corrected chi connectivity index (χ1v) is 5.95. The number of aryl methyl sites for hydroxylation is 1. The predicted octanol–water partition coefficient (Wildman–Crippen LogP) is 0.453. The molecule has 0 aliphatic carbocycles. The lowest BCUT2D eigenvalue weighted by atomic mass is 10.1. The minimum absolute atomic E-state index is 0.445. The van der Waals surface area contributed by atoms with Crippen LogP contribution in [0.1, 0.15) is 17.5 Å². The topological polar surface area (TPSA) is 109 Å². The number of benzene rings is 1. The molecule has 106 valence electrons. The number of carbonyl (C=O) groups is 3. The summed E-state index contributed by atoms with van der Waals surface area (Å²) in [5.74, 6) is -2.69. The lowest BCUT2D eigenvalue weighted by Gasteiger charge is -2.10. The zero-order valence-corrected chi connectivity index (χ0v) is 11.0. The van der Waals surface area contributed by atoms with E-state index in [0.717, 1.165) is 11.1 Å². The van der Waals surface area contributed by atoms with Gasteiger partial charge in [-0.15, -0.1) is 0 Å². The van der Waals surface area contributed by atoms with Crippen LogP contribution >= 0.6 is 0 Å². The molecule has 0 aliphatic heterocycles. The van der Waals surface area contributed by atoms with Crippen molar-refractivity contribution in [3.63, 3.8) is 0 Å². The van der Waals surface area contributed by atoms with Gasteiger partial charge in [0, 0.05) is 6.08 Å². The Morgan fingerprint density at radius 3 is 2.65 bits per heavy atom. The van der Waals surface area contributed by atoms with E-state index in [0.29, 0.717) is 0 Å². The average molecular weight is 276 g/mol. The van der Waals surface area contributed by atoms with Gasteiger partial charge in [-0.25, -0.2) is 4.79 Å². The summed E-state index contributed by atoms with van der Waals surface area (Å²) in [5, 5.41) is 11.1.